The Bertz CT molecular complexity index is 1310. The van der Waals surface area contributed by atoms with Crippen LogP contribution in [0.15, 0.2) is 0 Å². The van der Waals surface area contributed by atoms with Gasteiger partial charge in [0.2, 0.25) is 0 Å². The van der Waals surface area contributed by atoms with Gasteiger partial charge in [-0.3, -0.25) is 18.6 Å². The number of aliphatic hydroxyl groups is 5. The summed E-state index contributed by atoms with van der Waals surface area (Å²) in [5, 5.41) is 50.5. The van der Waals surface area contributed by atoms with Gasteiger partial charge in [-0.15, -0.1) is 0 Å². The number of unbranched alkanes of at least 4 members (excludes halogenated alkanes) is 44. The van der Waals surface area contributed by atoms with Crippen molar-refractivity contribution in [2.24, 2.45) is 0 Å². The third-order valence-electron chi connectivity index (χ3n) is 15.4. The first kappa shape index (κ1) is 71.9. The molecule has 6 unspecified atom stereocenters. The minimum absolute atomic E-state index is 0.106. The van der Waals surface area contributed by atoms with Crippen LogP contribution in [0.1, 0.15) is 322 Å². The molecular weight excluding hydrogens is 972 g/mol. The van der Waals surface area contributed by atoms with E-state index < -0.39 is 75.7 Å². The number of esters is 2. The van der Waals surface area contributed by atoms with Crippen LogP contribution in [0, 0.1) is 0 Å². The van der Waals surface area contributed by atoms with Gasteiger partial charge in [0.25, 0.3) is 0 Å². The van der Waals surface area contributed by atoms with Gasteiger partial charge >= 0.3 is 19.8 Å². The van der Waals surface area contributed by atoms with Crippen LogP contribution in [0.3, 0.4) is 0 Å². The molecule has 446 valence electrons. The van der Waals surface area contributed by atoms with Crippen molar-refractivity contribution < 1.29 is 63.1 Å². The van der Waals surface area contributed by atoms with E-state index in [0.717, 1.165) is 38.5 Å². The molecule has 0 aromatic heterocycles. The third kappa shape index (κ3) is 42.4. The summed E-state index contributed by atoms with van der Waals surface area (Å²) in [4.78, 5) is 36.1. The minimum Gasteiger partial charge on any atom is -0.462 e. The van der Waals surface area contributed by atoms with Crippen molar-refractivity contribution >= 4 is 19.8 Å². The number of carbonyl (C=O) groups is 2. The molecule has 13 nitrogen and oxygen atoms in total. The van der Waals surface area contributed by atoms with Crippen LogP contribution in [0.5, 0.6) is 0 Å². The van der Waals surface area contributed by atoms with Gasteiger partial charge in [0.1, 0.15) is 43.2 Å². The van der Waals surface area contributed by atoms with E-state index in [1.807, 2.05) is 0 Å². The number of aliphatic hydroxyl groups excluding tert-OH is 5. The minimum atomic E-state index is -5.12. The van der Waals surface area contributed by atoms with E-state index in [4.69, 9.17) is 18.5 Å². The first-order valence-corrected chi connectivity index (χ1v) is 33.3. The fourth-order valence-corrected chi connectivity index (χ4v) is 11.4. The highest BCUT2D eigenvalue weighted by Crippen LogP contribution is 2.47. The standard InChI is InChI=1S/C61H119O13P/c1-3-5-7-9-11-13-15-17-19-21-23-25-27-29-31-33-35-37-39-41-43-45-47-49-54(62)71-51-53(52-72-75(69,70)74-61-59(67)57(65)56(64)58(66)60(61)68)73-55(63)50-48-46-44-42-40-38-36-34-32-30-28-26-24-22-20-18-16-14-12-10-8-6-4-2/h53,56-61,64-68H,3-52H2,1-2H3,(H,69,70). The Kier molecular flexibility index (Phi) is 48.9. The largest absolute Gasteiger partial charge is 0.472 e. The Morgan fingerprint density at radius 3 is 0.880 bits per heavy atom. The molecule has 0 amide bonds. The van der Waals surface area contributed by atoms with Crippen LogP contribution in [0.4, 0.5) is 0 Å². The van der Waals surface area contributed by atoms with Gasteiger partial charge in [-0.25, -0.2) is 4.57 Å². The number of hydrogen-bond donors (Lipinski definition) is 6. The van der Waals surface area contributed by atoms with Crippen molar-refractivity contribution in [3.05, 3.63) is 0 Å². The van der Waals surface area contributed by atoms with Gasteiger partial charge in [0, 0.05) is 12.8 Å². The van der Waals surface area contributed by atoms with Gasteiger partial charge in [0.15, 0.2) is 6.10 Å². The van der Waals surface area contributed by atoms with Gasteiger partial charge in [-0.1, -0.05) is 296 Å². The molecule has 1 aliphatic carbocycles. The average molecular weight is 1090 g/mol. The lowest BCUT2D eigenvalue weighted by Crippen LogP contribution is -2.64. The average Bonchev–Trinajstić information content (AvgIpc) is 3.39. The summed E-state index contributed by atoms with van der Waals surface area (Å²) in [6.45, 7) is 3.40. The van der Waals surface area contributed by atoms with Crippen LogP contribution in [-0.2, 0) is 32.7 Å². The summed E-state index contributed by atoms with van der Waals surface area (Å²) in [7, 11) is -5.12. The maximum Gasteiger partial charge on any atom is 0.472 e. The van der Waals surface area contributed by atoms with E-state index in [0.29, 0.717) is 12.8 Å². The summed E-state index contributed by atoms with van der Waals surface area (Å²) in [6.07, 6.45) is 45.9. The van der Waals surface area contributed by atoms with Crippen LogP contribution in [0.25, 0.3) is 0 Å². The van der Waals surface area contributed by atoms with Crippen molar-refractivity contribution in [3.63, 3.8) is 0 Å². The quantitative estimate of drug-likeness (QED) is 0.0190. The maximum atomic E-state index is 12.9. The van der Waals surface area contributed by atoms with Crippen molar-refractivity contribution in [1.82, 2.24) is 0 Å². The molecule has 1 aliphatic rings. The van der Waals surface area contributed by atoms with E-state index in [9.17, 15) is 44.6 Å². The van der Waals surface area contributed by atoms with Crippen molar-refractivity contribution in [3.8, 4) is 0 Å². The first-order chi connectivity index (χ1) is 36.4. The molecule has 75 heavy (non-hydrogen) atoms. The van der Waals surface area contributed by atoms with E-state index in [-0.39, 0.29) is 12.8 Å². The molecule has 6 atom stereocenters. The summed E-state index contributed by atoms with van der Waals surface area (Å²) in [5.41, 5.74) is 0. The molecule has 0 bridgehead atoms. The van der Waals surface area contributed by atoms with Crippen LogP contribution in [-0.4, -0.2) is 98.3 Å². The molecule has 0 aromatic rings. The first-order valence-electron chi connectivity index (χ1n) is 31.8. The maximum absolute atomic E-state index is 12.9. The molecule has 0 heterocycles. The summed E-state index contributed by atoms with van der Waals surface area (Å²) in [6, 6.07) is 0. The smallest absolute Gasteiger partial charge is 0.462 e. The van der Waals surface area contributed by atoms with Gasteiger partial charge < -0.3 is 39.9 Å². The Hall–Kier alpha value is -1.15. The summed E-state index contributed by atoms with van der Waals surface area (Å²) in [5.74, 6) is -1.07. The van der Waals surface area contributed by atoms with E-state index in [1.165, 1.54) is 244 Å². The number of phosphoric acid groups is 1. The second-order valence-corrected chi connectivity index (χ2v) is 24.0. The number of rotatable bonds is 56. The number of hydrogen-bond acceptors (Lipinski definition) is 12. The van der Waals surface area contributed by atoms with Gasteiger partial charge in [-0.05, 0) is 12.8 Å². The highest BCUT2D eigenvalue weighted by Gasteiger charge is 2.51. The van der Waals surface area contributed by atoms with E-state index >= 15 is 0 Å². The molecule has 6 N–H and O–H groups in total. The summed E-state index contributed by atoms with van der Waals surface area (Å²) >= 11 is 0. The van der Waals surface area contributed by atoms with Gasteiger partial charge in [0.05, 0.1) is 6.61 Å². The predicted octanol–water partition coefficient (Wildman–Crippen LogP) is 15.5. The molecule has 14 heteroatoms. The highest BCUT2D eigenvalue weighted by molar-refractivity contribution is 7.47. The Balaban J connectivity index is 2.26. The molecule has 0 aromatic carbocycles. The predicted molar refractivity (Wildman–Crippen MR) is 304 cm³/mol. The molecular formula is C61H119O13P. The molecule has 1 rings (SSSR count). The van der Waals surface area contributed by atoms with Crippen molar-refractivity contribution in [2.75, 3.05) is 13.2 Å². The van der Waals surface area contributed by atoms with E-state index in [2.05, 4.69) is 13.8 Å². The fraction of sp³-hybridized carbons (Fsp3) is 0.967. The number of carbonyl (C=O) groups excluding carboxylic acids is 2. The Morgan fingerprint density at radius 2 is 0.600 bits per heavy atom. The van der Waals surface area contributed by atoms with Crippen LogP contribution < -0.4 is 0 Å². The SMILES string of the molecule is CCCCCCCCCCCCCCCCCCCCCCCCCC(=O)OCC(COP(=O)(O)OC1C(O)C(O)C(O)C(O)C1O)OC(=O)CCCCCCCCCCCCCCCCCCCCCCCCC. The lowest BCUT2D eigenvalue weighted by Gasteiger charge is -2.41. The third-order valence-corrected chi connectivity index (χ3v) is 16.4. The zero-order valence-electron chi connectivity index (χ0n) is 48.4. The second-order valence-electron chi connectivity index (χ2n) is 22.6. The van der Waals surface area contributed by atoms with Crippen molar-refractivity contribution in [1.29, 1.82) is 0 Å². The van der Waals surface area contributed by atoms with E-state index in [1.54, 1.807) is 0 Å². The molecule has 0 spiro atoms. The number of phosphoric ester groups is 1. The summed E-state index contributed by atoms with van der Waals surface area (Å²) < 4.78 is 33.9. The lowest BCUT2D eigenvalue weighted by molar-refractivity contribution is -0.220. The molecule has 1 fully saturated rings. The Morgan fingerprint density at radius 1 is 0.360 bits per heavy atom. The molecule has 0 saturated heterocycles. The second kappa shape index (κ2) is 51.0. The lowest BCUT2D eigenvalue weighted by atomic mass is 9.85. The zero-order valence-corrected chi connectivity index (χ0v) is 49.3. The number of ether oxygens (including phenoxy) is 2. The molecule has 0 radical (unpaired) electrons. The molecule has 0 aliphatic heterocycles. The highest BCUT2D eigenvalue weighted by atomic mass is 31.2. The normalized spacial score (nSPS) is 20.1. The Labute approximate surface area is 459 Å². The van der Waals surface area contributed by atoms with Crippen molar-refractivity contribution in [2.45, 2.75) is 365 Å². The fourth-order valence-electron chi connectivity index (χ4n) is 10.4. The van der Waals surface area contributed by atoms with Crippen LogP contribution >= 0.6 is 7.82 Å². The van der Waals surface area contributed by atoms with Gasteiger partial charge in [-0.2, -0.15) is 0 Å². The zero-order chi connectivity index (χ0) is 54.9. The molecule has 1 saturated carbocycles. The monoisotopic (exact) mass is 1090 g/mol. The topological polar surface area (TPSA) is 210 Å². The van der Waals surface area contributed by atoms with Crippen LogP contribution in [0.2, 0.25) is 0 Å².